The van der Waals surface area contributed by atoms with E-state index in [1.165, 1.54) is 12.6 Å². The topological polar surface area (TPSA) is 106 Å². The van der Waals surface area contributed by atoms with Crippen LogP contribution in [0.25, 0.3) is 10.9 Å². The van der Waals surface area contributed by atoms with Crippen molar-refractivity contribution < 1.29 is 14.3 Å². The summed E-state index contributed by atoms with van der Waals surface area (Å²) >= 11 is 0. The molecule has 1 aromatic carbocycles. The average Bonchev–Trinajstić information content (AvgIpc) is 2.79. The van der Waals surface area contributed by atoms with Crippen molar-refractivity contribution in [3.8, 4) is 11.5 Å². The summed E-state index contributed by atoms with van der Waals surface area (Å²) < 4.78 is 5.85. The van der Waals surface area contributed by atoms with Crippen LogP contribution in [0.5, 0.6) is 11.5 Å². The minimum atomic E-state index is -0.282. The standard InChI is InChI=1S/C22H23N5O3/c1-23-21(29)19-12-17(9-10-24-19)30-16-7-8-18-15(11-16)13-25-22(26-18)27-20(28)14-5-3-2-4-6-14/h7-14H,2-6H2,1H3,(H,23,29)(H,25,26,27,28). The van der Waals surface area contributed by atoms with Gasteiger partial charge >= 0.3 is 0 Å². The summed E-state index contributed by atoms with van der Waals surface area (Å²) in [5.41, 5.74) is 0.981. The lowest BCUT2D eigenvalue weighted by molar-refractivity contribution is -0.120. The predicted octanol–water partition coefficient (Wildman–Crippen LogP) is 3.70. The Morgan fingerprint density at radius 1 is 1.03 bits per heavy atom. The summed E-state index contributed by atoms with van der Waals surface area (Å²) in [4.78, 5) is 36.9. The van der Waals surface area contributed by atoms with E-state index < -0.39 is 0 Å². The van der Waals surface area contributed by atoms with E-state index in [0.29, 0.717) is 23.0 Å². The summed E-state index contributed by atoms with van der Waals surface area (Å²) in [6.07, 6.45) is 8.43. The van der Waals surface area contributed by atoms with Gasteiger partial charge in [-0.05, 0) is 37.1 Å². The van der Waals surface area contributed by atoms with Crippen molar-refractivity contribution in [1.29, 1.82) is 0 Å². The van der Waals surface area contributed by atoms with Crippen LogP contribution in [0, 0.1) is 5.92 Å². The van der Waals surface area contributed by atoms with Crippen LogP contribution in [0.1, 0.15) is 42.6 Å². The first-order chi connectivity index (χ1) is 14.6. The van der Waals surface area contributed by atoms with Crippen LogP contribution < -0.4 is 15.4 Å². The molecule has 2 aromatic heterocycles. The molecule has 1 fully saturated rings. The fraction of sp³-hybridized carbons (Fsp3) is 0.318. The number of ether oxygens (including phenoxy) is 1. The first-order valence-corrected chi connectivity index (χ1v) is 10.1. The highest BCUT2D eigenvalue weighted by Gasteiger charge is 2.21. The highest BCUT2D eigenvalue weighted by atomic mass is 16.5. The van der Waals surface area contributed by atoms with Gasteiger partial charge in [-0.3, -0.25) is 19.9 Å². The molecule has 4 rings (SSSR count). The number of hydrogen-bond donors (Lipinski definition) is 2. The van der Waals surface area contributed by atoms with Crippen molar-refractivity contribution in [3.63, 3.8) is 0 Å². The van der Waals surface area contributed by atoms with Gasteiger partial charge < -0.3 is 10.1 Å². The summed E-state index contributed by atoms with van der Waals surface area (Å²) in [5, 5.41) is 6.16. The Morgan fingerprint density at radius 2 is 1.83 bits per heavy atom. The number of nitrogens with one attached hydrogen (secondary N) is 2. The number of fused-ring (bicyclic) bond motifs is 1. The van der Waals surface area contributed by atoms with E-state index in [-0.39, 0.29) is 23.4 Å². The quantitative estimate of drug-likeness (QED) is 0.670. The highest BCUT2D eigenvalue weighted by Crippen LogP contribution is 2.27. The van der Waals surface area contributed by atoms with Crippen molar-refractivity contribution in [1.82, 2.24) is 20.3 Å². The second-order valence-corrected chi connectivity index (χ2v) is 7.30. The van der Waals surface area contributed by atoms with Gasteiger partial charge in [0.1, 0.15) is 17.2 Å². The molecule has 0 saturated heterocycles. The van der Waals surface area contributed by atoms with E-state index in [1.807, 2.05) is 12.1 Å². The number of pyridine rings is 1. The molecule has 2 heterocycles. The number of anilines is 1. The van der Waals surface area contributed by atoms with Crippen LogP contribution in [0.4, 0.5) is 5.95 Å². The first kappa shape index (κ1) is 19.8. The minimum Gasteiger partial charge on any atom is -0.457 e. The van der Waals surface area contributed by atoms with E-state index in [2.05, 4.69) is 25.6 Å². The Hall–Kier alpha value is -3.55. The molecule has 2 amide bonds. The number of hydrogen-bond acceptors (Lipinski definition) is 6. The zero-order valence-corrected chi connectivity index (χ0v) is 16.7. The van der Waals surface area contributed by atoms with Crippen LogP contribution in [0.15, 0.2) is 42.7 Å². The summed E-state index contributed by atoms with van der Waals surface area (Å²) in [6.45, 7) is 0. The molecule has 154 valence electrons. The number of benzene rings is 1. The third-order valence-corrected chi connectivity index (χ3v) is 5.19. The summed E-state index contributed by atoms with van der Waals surface area (Å²) in [7, 11) is 1.55. The molecule has 0 radical (unpaired) electrons. The molecule has 30 heavy (non-hydrogen) atoms. The van der Waals surface area contributed by atoms with Crippen LogP contribution in [-0.2, 0) is 4.79 Å². The van der Waals surface area contributed by atoms with Crippen LogP contribution in [-0.4, -0.2) is 33.8 Å². The van der Waals surface area contributed by atoms with E-state index >= 15 is 0 Å². The zero-order valence-electron chi connectivity index (χ0n) is 16.7. The molecule has 1 saturated carbocycles. The largest absolute Gasteiger partial charge is 0.457 e. The summed E-state index contributed by atoms with van der Waals surface area (Å²) in [5.74, 6) is 1.16. The van der Waals surface area contributed by atoms with Gasteiger partial charge in [0.25, 0.3) is 5.91 Å². The number of aromatic nitrogens is 3. The van der Waals surface area contributed by atoms with Crippen molar-refractivity contribution in [2.75, 3.05) is 12.4 Å². The molecule has 8 heteroatoms. The Morgan fingerprint density at radius 3 is 2.63 bits per heavy atom. The normalized spacial score (nSPS) is 14.3. The molecule has 1 aliphatic carbocycles. The smallest absolute Gasteiger partial charge is 0.269 e. The monoisotopic (exact) mass is 405 g/mol. The number of amides is 2. The zero-order chi connectivity index (χ0) is 20.9. The van der Waals surface area contributed by atoms with Crippen molar-refractivity contribution in [2.24, 2.45) is 5.92 Å². The van der Waals surface area contributed by atoms with Crippen molar-refractivity contribution in [2.45, 2.75) is 32.1 Å². The highest BCUT2D eigenvalue weighted by molar-refractivity contribution is 5.92. The molecule has 0 unspecified atom stereocenters. The third kappa shape index (κ3) is 4.53. The average molecular weight is 405 g/mol. The van der Waals surface area contributed by atoms with Crippen molar-refractivity contribution in [3.05, 3.63) is 48.4 Å². The van der Waals surface area contributed by atoms with Crippen LogP contribution in [0.2, 0.25) is 0 Å². The van der Waals surface area contributed by atoms with Gasteiger partial charge in [-0.25, -0.2) is 9.97 Å². The molecule has 3 aromatic rings. The molecule has 1 aliphatic rings. The van der Waals surface area contributed by atoms with E-state index in [9.17, 15) is 9.59 Å². The number of carbonyl (C=O) groups is 2. The lowest BCUT2D eigenvalue weighted by Crippen LogP contribution is -2.25. The summed E-state index contributed by atoms with van der Waals surface area (Å²) in [6, 6.07) is 8.65. The fourth-order valence-corrected chi connectivity index (χ4v) is 3.58. The molecule has 8 nitrogen and oxygen atoms in total. The molecular weight excluding hydrogens is 382 g/mol. The van der Waals surface area contributed by atoms with Gasteiger partial charge in [0.05, 0.1) is 5.52 Å². The third-order valence-electron chi connectivity index (χ3n) is 5.19. The molecule has 0 aliphatic heterocycles. The van der Waals surface area contributed by atoms with Crippen molar-refractivity contribution >= 4 is 28.7 Å². The Kier molecular flexibility index (Phi) is 5.83. The van der Waals surface area contributed by atoms with E-state index in [4.69, 9.17) is 4.74 Å². The molecule has 0 atom stereocenters. The van der Waals surface area contributed by atoms with E-state index in [1.54, 1.807) is 31.4 Å². The minimum absolute atomic E-state index is 0.00129. The number of carbonyl (C=O) groups excluding carboxylic acids is 2. The maximum absolute atomic E-state index is 12.4. The maximum atomic E-state index is 12.4. The Bertz CT molecular complexity index is 1080. The SMILES string of the molecule is CNC(=O)c1cc(Oc2ccc3nc(NC(=O)C4CCCCC4)ncc3c2)ccn1. The maximum Gasteiger partial charge on any atom is 0.269 e. The first-order valence-electron chi connectivity index (χ1n) is 10.1. The second-order valence-electron chi connectivity index (χ2n) is 7.30. The molecular formula is C22H23N5O3. The van der Waals surface area contributed by atoms with Crippen LogP contribution >= 0.6 is 0 Å². The molecule has 0 spiro atoms. The van der Waals surface area contributed by atoms with Gasteiger partial charge in [-0.15, -0.1) is 0 Å². The Balaban J connectivity index is 1.48. The molecule has 0 bridgehead atoms. The number of nitrogens with zero attached hydrogens (tertiary/aromatic N) is 3. The second kappa shape index (κ2) is 8.86. The number of rotatable bonds is 5. The van der Waals surface area contributed by atoms with Gasteiger partial charge in [0.2, 0.25) is 11.9 Å². The van der Waals surface area contributed by atoms with Gasteiger partial charge in [-0.2, -0.15) is 0 Å². The van der Waals surface area contributed by atoms with Gasteiger partial charge in [0.15, 0.2) is 0 Å². The van der Waals surface area contributed by atoms with E-state index in [0.717, 1.165) is 31.1 Å². The van der Waals surface area contributed by atoms with Gasteiger partial charge in [0, 0.05) is 36.8 Å². The van der Waals surface area contributed by atoms with Gasteiger partial charge in [-0.1, -0.05) is 19.3 Å². The lowest BCUT2D eigenvalue weighted by Gasteiger charge is -2.20. The molecule has 2 N–H and O–H groups in total. The predicted molar refractivity (Wildman–Crippen MR) is 112 cm³/mol. The van der Waals surface area contributed by atoms with Crippen LogP contribution in [0.3, 0.4) is 0 Å². The lowest BCUT2D eigenvalue weighted by atomic mass is 9.89. The Labute approximate surface area is 174 Å². The fourth-order valence-electron chi connectivity index (χ4n) is 3.58.